The van der Waals surface area contributed by atoms with Crippen molar-refractivity contribution in [2.75, 3.05) is 7.11 Å². The third-order valence-electron chi connectivity index (χ3n) is 9.93. The number of rotatable bonds is 6. The molecule has 0 N–H and O–H groups in total. The van der Waals surface area contributed by atoms with Crippen LogP contribution in [0.15, 0.2) is 11.6 Å². The number of Topliss-reactive ketones (excluding diaryl/α,β-unsaturated/α-hetero) is 1. The van der Waals surface area contributed by atoms with Crippen LogP contribution >= 0.6 is 0 Å². The van der Waals surface area contributed by atoms with Crippen LogP contribution < -0.4 is 0 Å². The molecule has 3 fully saturated rings. The Balaban J connectivity index is 1.54. The monoisotopic (exact) mass is 458 g/mol. The molecule has 0 spiro atoms. The van der Waals surface area contributed by atoms with Crippen LogP contribution in [0.4, 0.5) is 0 Å². The van der Waals surface area contributed by atoms with Crippen LogP contribution in [0.2, 0.25) is 0 Å². The molecule has 182 valence electrons. The molecule has 0 aromatic heterocycles. The Hall–Kier alpha value is -1.98. The Morgan fingerprint density at radius 2 is 1.67 bits per heavy atom. The van der Waals surface area contributed by atoms with Crippen LogP contribution in [-0.4, -0.2) is 36.2 Å². The highest BCUT2D eigenvalue weighted by molar-refractivity contribution is 5.92. The summed E-state index contributed by atoms with van der Waals surface area (Å²) in [6.45, 7) is 6.08. The van der Waals surface area contributed by atoms with Crippen LogP contribution in [0.3, 0.4) is 0 Å². The van der Waals surface area contributed by atoms with E-state index in [1.807, 2.05) is 6.08 Å². The van der Waals surface area contributed by atoms with Gasteiger partial charge in [-0.05, 0) is 87.5 Å². The predicted octanol–water partition coefficient (Wildman–Crippen LogP) is 4.73. The second-order valence-electron chi connectivity index (χ2n) is 11.3. The van der Waals surface area contributed by atoms with Crippen molar-refractivity contribution in [3.05, 3.63) is 11.6 Å². The first-order valence-corrected chi connectivity index (χ1v) is 12.6. The zero-order chi connectivity index (χ0) is 24.0. The highest BCUT2D eigenvalue weighted by Gasteiger charge is 2.67. The van der Waals surface area contributed by atoms with Crippen LogP contribution in [0, 0.1) is 28.6 Å². The van der Waals surface area contributed by atoms with E-state index in [-0.39, 0.29) is 41.2 Å². The van der Waals surface area contributed by atoms with Gasteiger partial charge < -0.3 is 9.47 Å². The Morgan fingerprint density at radius 3 is 2.36 bits per heavy atom. The number of ketones is 2. The minimum atomic E-state index is -1.08. The number of methoxy groups -OCH3 is 1. The molecule has 6 atom stereocenters. The summed E-state index contributed by atoms with van der Waals surface area (Å²) < 4.78 is 10.7. The summed E-state index contributed by atoms with van der Waals surface area (Å²) in [5.41, 5.74) is -0.0501. The van der Waals surface area contributed by atoms with Crippen molar-refractivity contribution in [1.29, 1.82) is 0 Å². The number of esters is 2. The van der Waals surface area contributed by atoms with Crippen molar-refractivity contribution in [3.63, 3.8) is 0 Å². The quantitative estimate of drug-likeness (QED) is 0.535. The van der Waals surface area contributed by atoms with Gasteiger partial charge in [0.1, 0.15) is 0 Å². The fourth-order valence-corrected chi connectivity index (χ4v) is 8.10. The van der Waals surface area contributed by atoms with Gasteiger partial charge in [0.25, 0.3) is 0 Å². The average molecular weight is 459 g/mol. The Kier molecular flexibility index (Phi) is 6.34. The topological polar surface area (TPSA) is 86.7 Å². The van der Waals surface area contributed by atoms with E-state index in [1.165, 1.54) is 12.7 Å². The van der Waals surface area contributed by atoms with Gasteiger partial charge in [0.15, 0.2) is 17.2 Å². The zero-order valence-corrected chi connectivity index (χ0v) is 20.5. The second-order valence-corrected chi connectivity index (χ2v) is 11.3. The SMILES string of the molecule is COC(=O)CCCC(=O)O[C@]1(C(C)=O)CC[C@H]2[C@@H]3CCC4=CC(=O)CC[C@]4(C)[C@H]3CC[C@@]21C. The third-order valence-corrected chi connectivity index (χ3v) is 9.93. The molecule has 0 aliphatic heterocycles. The van der Waals surface area contributed by atoms with E-state index in [2.05, 4.69) is 18.6 Å². The van der Waals surface area contributed by atoms with Crippen molar-refractivity contribution < 1.29 is 28.7 Å². The van der Waals surface area contributed by atoms with E-state index in [9.17, 15) is 19.2 Å². The first kappa shape index (κ1) is 24.2. The van der Waals surface area contributed by atoms with Crippen LogP contribution in [0.1, 0.15) is 91.4 Å². The fraction of sp³-hybridized carbons (Fsp3) is 0.778. The summed E-state index contributed by atoms with van der Waals surface area (Å²) in [6, 6.07) is 0. The standard InChI is InChI=1S/C27H38O6/c1-17(28)27(33-24(31)7-5-6-23(30)32-4)15-12-22-20-9-8-18-16-19(29)10-13-25(18,2)21(20)11-14-26(22,27)3/h16,20-22H,5-15H2,1-4H3/t20-,21+,22+,25+,26+,27+/m1/s1. The normalized spacial score (nSPS) is 39.6. The lowest BCUT2D eigenvalue weighted by molar-refractivity contribution is -0.189. The Labute approximate surface area is 196 Å². The summed E-state index contributed by atoms with van der Waals surface area (Å²) in [5, 5.41) is 0. The molecule has 0 bridgehead atoms. The van der Waals surface area contributed by atoms with Gasteiger partial charge >= 0.3 is 11.9 Å². The molecule has 4 rings (SSSR count). The molecule has 6 heteroatoms. The van der Waals surface area contributed by atoms with E-state index in [4.69, 9.17) is 4.74 Å². The molecule has 4 aliphatic carbocycles. The largest absolute Gasteiger partial charge is 0.469 e. The highest BCUT2D eigenvalue weighted by atomic mass is 16.6. The summed E-state index contributed by atoms with van der Waals surface area (Å²) in [5.74, 6) is 0.790. The number of ether oxygens (including phenoxy) is 2. The lowest BCUT2D eigenvalue weighted by atomic mass is 9.46. The Bertz CT molecular complexity index is 889. The first-order chi connectivity index (χ1) is 15.6. The van der Waals surface area contributed by atoms with Crippen molar-refractivity contribution in [2.24, 2.45) is 28.6 Å². The van der Waals surface area contributed by atoms with Crippen LogP contribution in [0.25, 0.3) is 0 Å². The molecule has 4 aliphatic rings. The maximum absolute atomic E-state index is 13.1. The van der Waals surface area contributed by atoms with E-state index in [0.29, 0.717) is 37.0 Å². The van der Waals surface area contributed by atoms with E-state index >= 15 is 0 Å². The molecular weight excluding hydrogens is 420 g/mol. The van der Waals surface area contributed by atoms with E-state index in [0.717, 1.165) is 38.5 Å². The molecule has 0 aromatic carbocycles. The van der Waals surface area contributed by atoms with E-state index < -0.39 is 11.6 Å². The van der Waals surface area contributed by atoms with Gasteiger partial charge in [0.2, 0.25) is 0 Å². The molecule has 33 heavy (non-hydrogen) atoms. The van der Waals surface area contributed by atoms with Gasteiger partial charge in [0, 0.05) is 24.7 Å². The van der Waals surface area contributed by atoms with Gasteiger partial charge in [-0.2, -0.15) is 0 Å². The Morgan fingerprint density at radius 1 is 0.970 bits per heavy atom. The van der Waals surface area contributed by atoms with Crippen molar-refractivity contribution >= 4 is 23.5 Å². The summed E-state index contributed by atoms with van der Waals surface area (Å²) in [6.07, 6.45) is 9.41. The number of allylic oxidation sites excluding steroid dienone is 1. The van der Waals surface area contributed by atoms with Gasteiger partial charge in [0.05, 0.1) is 7.11 Å². The van der Waals surface area contributed by atoms with Crippen molar-refractivity contribution in [1.82, 2.24) is 0 Å². The lowest BCUT2D eigenvalue weighted by Gasteiger charge is -2.59. The van der Waals surface area contributed by atoms with Crippen LogP contribution in [0.5, 0.6) is 0 Å². The molecule has 3 saturated carbocycles. The molecule has 0 aromatic rings. The molecule has 0 radical (unpaired) electrons. The maximum atomic E-state index is 13.1. The number of hydrogen-bond acceptors (Lipinski definition) is 6. The van der Waals surface area contributed by atoms with Gasteiger partial charge in [-0.25, -0.2) is 0 Å². The fourth-order valence-electron chi connectivity index (χ4n) is 8.10. The summed E-state index contributed by atoms with van der Waals surface area (Å²) in [4.78, 5) is 49.3. The van der Waals surface area contributed by atoms with Crippen molar-refractivity contribution in [3.8, 4) is 0 Å². The minimum absolute atomic E-state index is 0.0573. The van der Waals surface area contributed by atoms with Gasteiger partial charge in [-0.3, -0.25) is 19.2 Å². The minimum Gasteiger partial charge on any atom is -0.469 e. The van der Waals surface area contributed by atoms with Crippen LogP contribution in [-0.2, 0) is 28.7 Å². The number of carbonyl (C=O) groups excluding carboxylic acids is 4. The molecule has 0 amide bonds. The smallest absolute Gasteiger partial charge is 0.306 e. The third kappa shape index (κ3) is 3.77. The van der Waals surface area contributed by atoms with E-state index in [1.54, 1.807) is 6.92 Å². The number of carbonyl (C=O) groups is 4. The maximum Gasteiger partial charge on any atom is 0.306 e. The first-order valence-electron chi connectivity index (χ1n) is 12.6. The number of hydrogen-bond donors (Lipinski definition) is 0. The van der Waals surface area contributed by atoms with Crippen molar-refractivity contribution in [2.45, 2.75) is 97.0 Å². The highest BCUT2D eigenvalue weighted by Crippen LogP contribution is 2.68. The molecule has 0 heterocycles. The zero-order valence-electron chi connectivity index (χ0n) is 20.5. The molecule has 0 saturated heterocycles. The molecular formula is C27H38O6. The van der Waals surface area contributed by atoms with Gasteiger partial charge in [-0.15, -0.1) is 0 Å². The number of fused-ring (bicyclic) bond motifs is 5. The lowest BCUT2D eigenvalue weighted by Crippen LogP contribution is -2.58. The average Bonchev–Trinajstić information content (AvgIpc) is 3.07. The second kappa shape index (κ2) is 8.66. The summed E-state index contributed by atoms with van der Waals surface area (Å²) >= 11 is 0. The molecule has 6 nitrogen and oxygen atoms in total. The predicted molar refractivity (Wildman–Crippen MR) is 122 cm³/mol. The molecule has 0 unspecified atom stereocenters. The van der Waals surface area contributed by atoms with Gasteiger partial charge in [-0.1, -0.05) is 19.4 Å². The summed E-state index contributed by atoms with van der Waals surface area (Å²) in [7, 11) is 1.33.